The van der Waals surface area contributed by atoms with Crippen LogP contribution in [0.1, 0.15) is 26.2 Å². The second-order valence-electron chi connectivity index (χ2n) is 4.72. The van der Waals surface area contributed by atoms with Crippen molar-refractivity contribution < 1.29 is 0 Å². The lowest BCUT2D eigenvalue weighted by atomic mass is 10.1. The van der Waals surface area contributed by atoms with Crippen molar-refractivity contribution in [2.75, 3.05) is 5.32 Å². The summed E-state index contributed by atoms with van der Waals surface area (Å²) in [6.07, 6.45) is 3.75. The molecule has 1 aromatic rings. The number of hydrogen-bond donors (Lipinski definition) is 2. The van der Waals surface area contributed by atoms with E-state index in [-0.39, 0.29) is 0 Å². The van der Waals surface area contributed by atoms with Crippen molar-refractivity contribution in [2.24, 2.45) is 5.92 Å². The van der Waals surface area contributed by atoms with E-state index in [0.29, 0.717) is 6.04 Å². The highest BCUT2D eigenvalue weighted by molar-refractivity contribution is 9.10. The molecule has 92 valence electrons. The van der Waals surface area contributed by atoms with E-state index < -0.39 is 0 Å². The van der Waals surface area contributed by atoms with E-state index in [1.165, 1.54) is 19.3 Å². The molecule has 0 saturated heterocycles. The molecule has 2 rings (SSSR count). The number of halogens is 1. The Morgan fingerprint density at radius 2 is 2.24 bits per heavy atom. The van der Waals surface area contributed by atoms with Crippen LogP contribution in [-0.4, -0.2) is 11.2 Å². The van der Waals surface area contributed by atoms with Crippen molar-refractivity contribution in [3.63, 3.8) is 0 Å². The van der Waals surface area contributed by atoms with Crippen LogP contribution in [-0.2, 0) is 0 Å². The van der Waals surface area contributed by atoms with Gasteiger partial charge in [0.15, 0.2) is 5.11 Å². The zero-order valence-electron chi connectivity index (χ0n) is 9.87. The zero-order chi connectivity index (χ0) is 12.3. The fourth-order valence-corrected chi connectivity index (χ4v) is 2.94. The quantitative estimate of drug-likeness (QED) is 0.809. The Kier molecular flexibility index (Phi) is 4.40. The lowest BCUT2D eigenvalue weighted by Gasteiger charge is -2.16. The summed E-state index contributed by atoms with van der Waals surface area (Å²) in [4.78, 5) is 0. The molecular weight excluding hydrogens is 296 g/mol. The average molecular weight is 313 g/mol. The number of rotatable bonds is 2. The normalized spacial score (nSPS) is 23.4. The maximum atomic E-state index is 5.32. The highest BCUT2D eigenvalue weighted by atomic mass is 79.9. The van der Waals surface area contributed by atoms with E-state index in [1.54, 1.807) is 0 Å². The Morgan fingerprint density at radius 1 is 1.41 bits per heavy atom. The molecule has 1 fully saturated rings. The van der Waals surface area contributed by atoms with Gasteiger partial charge in [-0.05, 0) is 55.6 Å². The monoisotopic (exact) mass is 312 g/mol. The third-order valence-electron chi connectivity index (χ3n) is 3.11. The molecule has 1 saturated carbocycles. The van der Waals surface area contributed by atoms with E-state index in [1.807, 2.05) is 24.3 Å². The number of nitrogens with one attached hydrogen (secondary N) is 2. The van der Waals surface area contributed by atoms with Gasteiger partial charge in [0.05, 0.1) is 0 Å². The first-order chi connectivity index (χ1) is 8.13. The molecule has 0 aromatic heterocycles. The molecule has 0 aliphatic heterocycles. The van der Waals surface area contributed by atoms with Crippen molar-refractivity contribution in [3.05, 3.63) is 28.7 Å². The molecule has 2 N–H and O–H groups in total. The van der Waals surface area contributed by atoms with Crippen LogP contribution in [0, 0.1) is 5.92 Å². The fraction of sp³-hybridized carbons (Fsp3) is 0.462. The van der Waals surface area contributed by atoms with Crippen LogP contribution >= 0.6 is 28.1 Å². The second-order valence-corrected chi connectivity index (χ2v) is 6.05. The van der Waals surface area contributed by atoms with Crippen LogP contribution in [0.3, 0.4) is 0 Å². The molecule has 0 amide bonds. The van der Waals surface area contributed by atoms with Gasteiger partial charge in [-0.3, -0.25) is 0 Å². The highest BCUT2D eigenvalue weighted by Crippen LogP contribution is 2.24. The van der Waals surface area contributed by atoms with Gasteiger partial charge in [-0.2, -0.15) is 0 Å². The minimum Gasteiger partial charge on any atom is -0.360 e. The molecule has 0 spiro atoms. The first kappa shape index (κ1) is 12.8. The number of anilines is 1. The molecule has 0 heterocycles. The molecule has 0 radical (unpaired) electrons. The predicted molar refractivity (Wildman–Crippen MR) is 80.3 cm³/mol. The largest absolute Gasteiger partial charge is 0.360 e. The van der Waals surface area contributed by atoms with E-state index >= 15 is 0 Å². The molecule has 17 heavy (non-hydrogen) atoms. The number of thiocarbonyl (C=S) groups is 1. The minimum atomic E-state index is 0.539. The third-order valence-corrected chi connectivity index (χ3v) is 3.83. The summed E-state index contributed by atoms with van der Waals surface area (Å²) in [5.41, 5.74) is 1.02. The van der Waals surface area contributed by atoms with Gasteiger partial charge in [0.1, 0.15) is 0 Å². The second kappa shape index (κ2) is 5.83. The van der Waals surface area contributed by atoms with Crippen molar-refractivity contribution in [1.29, 1.82) is 0 Å². The van der Waals surface area contributed by atoms with Crippen LogP contribution in [0.4, 0.5) is 5.69 Å². The van der Waals surface area contributed by atoms with Gasteiger partial charge in [0.25, 0.3) is 0 Å². The Hall–Kier alpha value is -0.610. The van der Waals surface area contributed by atoms with Crippen LogP contribution in [0.2, 0.25) is 0 Å². The van der Waals surface area contributed by atoms with Crippen molar-refractivity contribution >= 4 is 38.9 Å². The van der Waals surface area contributed by atoms with Crippen LogP contribution < -0.4 is 10.6 Å². The van der Waals surface area contributed by atoms with Gasteiger partial charge in [0.2, 0.25) is 0 Å². The Bertz CT molecular complexity index is 408. The molecule has 1 aromatic carbocycles. The Morgan fingerprint density at radius 3 is 2.88 bits per heavy atom. The standard InChI is InChI=1S/C13H17BrN2S/c1-9-5-6-12(7-9)16-13(17)15-11-4-2-3-10(14)8-11/h2-4,8-9,12H,5-7H2,1H3,(H2,15,16,17). The summed E-state index contributed by atoms with van der Waals surface area (Å²) in [7, 11) is 0. The van der Waals surface area contributed by atoms with Gasteiger partial charge < -0.3 is 10.6 Å². The van der Waals surface area contributed by atoms with Crippen molar-refractivity contribution in [1.82, 2.24) is 5.32 Å². The summed E-state index contributed by atoms with van der Waals surface area (Å²) in [5, 5.41) is 7.32. The zero-order valence-corrected chi connectivity index (χ0v) is 12.3. The first-order valence-electron chi connectivity index (χ1n) is 5.96. The summed E-state index contributed by atoms with van der Waals surface area (Å²) in [5.74, 6) is 0.821. The maximum absolute atomic E-state index is 5.32. The molecule has 1 aliphatic carbocycles. The Balaban J connectivity index is 1.85. The molecule has 2 unspecified atom stereocenters. The minimum absolute atomic E-state index is 0.539. The van der Waals surface area contributed by atoms with Gasteiger partial charge in [-0.1, -0.05) is 28.9 Å². The molecule has 2 nitrogen and oxygen atoms in total. The fourth-order valence-electron chi connectivity index (χ4n) is 2.26. The summed E-state index contributed by atoms with van der Waals surface area (Å²) >= 11 is 8.76. The lowest BCUT2D eigenvalue weighted by Crippen LogP contribution is -2.36. The molecule has 4 heteroatoms. The Labute approximate surface area is 116 Å². The van der Waals surface area contributed by atoms with E-state index in [4.69, 9.17) is 12.2 Å². The molecule has 1 aliphatic rings. The first-order valence-corrected chi connectivity index (χ1v) is 7.16. The van der Waals surface area contributed by atoms with Gasteiger partial charge >= 0.3 is 0 Å². The van der Waals surface area contributed by atoms with E-state index in [0.717, 1.165) is 21.2 Å². The maximum Gasteiger partial charge on any atom is 0.170 e. The van der Waals surface area contributed by atoms with Crippen LogP contribution in [0.15, 0.2) is 28.7 Å². The number of hydrogen-bond acceptors (Lipinski definition) is 1. The van der Waals surface area contributed by atoms with Crippen molar-refractivity contribution in [2.45, 2.75) is 32.2 Å². The SMILES string of the molecule is CC1CCC(NC(=S)Nc2cccc(Br)c2)C1. The van der Waals surface area contributed by atoms with Crippen LogP contribution in [0.5, 0.6) is 0 Å². The highest BCUT2D eigenvalue weighted by Gasteiger charge is 2.21. The van der Waals surface area contributed by atoms with Gasteiger partial charge in [0, 0.05) is 16.2 Å². The molecular formula is C13H17BrN2S. The van der Waals surface area contributed by atoms with Gasteiger partial charge in [-0.25, -0.2) is 0 Å². The van der Waals surface area contributed by atoms with E-state index in [9.17, 15) is 0 Å². The van der Waals surface area contributed by atoms with Crippen LogP contribution in [0.25, 0.3) is 0 Å². The topological polar surface area (TPSA) is 24.1 Å². The summed E-state index contributed by atoms with van der Waals surface area (Å²) < 4.78 is 1.06. The summed E-state index contributed by atoms with van der Waals surface area (Å²) in [6.45, 7) is 2.30. The molecule has 2 atom stereocenters. The predicted octanol–water partition coefficient (Wildman–Crippen LogP) is 3.92. The summed E-state index contributed by atoms with van der Waals surface area (Å²) in [6, 6.07) is 8.56. The van der Waals surface area contributed by atoms with E-state index in [2.05, 4.69) is 33.5 Å². The number of benzene rings is 1. The third kappa shape index (κ3) is 3.96. The average Bonchev–Trinajstić information content (AvgIpc) is 2.63. The lowest BCUT2D eigenvalue weighted by molar-refractivity contribution is 0.572. The van der Waals surface area contributed by atoms with Gasteiger partial charge in [-0.15, -0.1) is 0 Å². The smallest absolute Gasteiger partial charge is 0.170 e. The van der Waals surface area contributed by atoms with Crippen molar-refractivity contribution in [3.8, 4) is 0 Å². The molecule has 0 bridgehead atoms.